The van der Waals surface area contributed by atoms with Crippen LogP contribution >= 0.6 is 0 Å². The van der Waals surface area contributed by atoms with Crippen LogP contribution in [0.5, 0.6) is 0 Å². The van der Waals surface area contributed by atoms with Gasteiger partial charge in [0, 0.05) is 0 Å². The summed E-state index contributed by atoms with van der Waals surface area (Å²) in [7, 11) is 0. The smallest absolute Gasteiger partial charge is 0.252 e. The van der Waals surface area contributed by atoms with Gasteiger partial charge >= 0.3 is 0 Å². The summed E-state index contributed by atoms with van der Waals surface area (Å²) in [6.07, 6.45) is 4.13. The van der Waals surface area contributed by atoms with Gasteiger partial charge in [-0.25, -0.2) is 0 Å². The van der Waals surface area contributed by atoms with Crippen LogP contribution in [-0.4, -0.2) is 72.9 Å². The minimum absolute atomic E-state index is 0.0607. The lowest BCUT2D eigenvalue weighted by molar-refractivity contribution is -0.141. The molecule has 0 radical (unpaired) electrons. The van der Waals surface area contributed by atoms with Gasteiger partial charge in [0.15, 0.2) is 0 Å². The highest BCUT2D eigenvalue weighted by Crippen LogP contribution is 1.96. The Kier molecular flexibility index (Phi) is 12.0. The monoisotopic (exact) mass is 364 g/mol. The Morgan fingerprint density at radius 1 is 0.577 bits per heavy atom. The number of hydrogen-bond donors (Lipinski definition) is 0. The topological polar surface area (TPSA) is 93.2 Å². The van der Waals surface area contributed by atoms with Gasteiger partial charge in [-0.15, -0.1) is 0 Å². The Morgan fingerprint density at radius 2 is 0.846 bits per heavy atom. The molecule has 0 aliphatic heterocycles. The Balaban J connectivity index is 4.05. The molecule has 8 heteroatoms. The van der Waals surface area contributed by atoms with E-state index in [1.165, 1.54) is 0 Å². The Hall–Kier alpha value is -2.84. The molecule has 0 N–H and O–H groups in total. The Labute approximate surface area is 153 Å². The molecular formula is C18H24N2O6. The van der Waals surface area contributed by atoms with Crippen LogP contribution in [0, 0.1) is 0 Å². The van der Waals surface area contributed by atoms with Crippen molar-refractivity contribution in [3.63, 3.8) is 0 Å². The van der Waals surface area contributed by atoms with Crippen molar-refractivity contribution < 1.29 is 28.7 Å². The molecule has 4 amide bonds. The lowest BCUT2D eigenvalue weighted by Gasteiger charge is -2.18. The van der Waals surface area contributed by atoms with E-state index in [0.29, 0.717) is 0 Å². The molecule has 0 aliphatic carbocycles. The van der Waals surface area contributed by atoms with Crippen molar-refractivity contribution in [2.75, 3.05) is 39.5 Å². The number of rotatable bonds is 13. The third kappa shape index (κ3) is 8.32. The third-order valence-corrected chi connectivity index (χ3v) is 3.05. The number of amides is 4. The van der Waals surface area contributed by atoms with Crippen LogP contribution < -0.4 is 0 Å². The first-order chi connectivity index (χ1) is 12.4. The molecule has 26 heavy (non-hydrogen) atoms. The number of ether oxygens (including phenoxy) is 2. The highest BCUT2D eigenvalue weighted by molar-refractivity contribution is 6.05. The second kappa shape index (κ2) is 13.5. The maximum atomic E-state index is 11.5. The van der Waals surface area contributed by atoms with Crippen molar-refractivity contribution in [1.82, 2.24) is 9.80 Å². The summed E-state index contributed by atoms with van der Waals surface area (Å²) in [4.78, 5) is 48.0. The van der Waals surface area contributed by atoms with Gasteiger partial charge in [0.25, 0.3) is 23.6 Å². The van der Waals surface area contributed by atoms with Gasteiger partial charge < -0.3 is 9.47 Å². The van der Waals surface area contributed by atoms with E-state index in [1.807, 2.05) is 0 Å². The summed E-state index contributed by atoms with van der Waals surface area (Å²) < 4.78 is 10.6. The Bertz CT molecular complexity index is 480. The van der Waals surface area contributed by atoms with Crippen LogP contribution in [0.15, 0.2) is 50.6 Å². The zero-order valence-electron chi connectivity index (χ0n) is 14.7. The second-order valence-electron chi connectivity index (χ2n) is 4.70. The molecule has 0 heterocycles. The van der Waals surface area contributed by atoms with Crippen molar-refractivity contribution in [2.45, 2.75) is 0 Å². The molecule has 142 valence electrons. The summed E-state index contributed by atoms with van der Waals surface area (Å²) in [6, 6.07) is 0. The van der Waals surface area contributed by atoms with E-state index < -0.39 is 23.6 Å². The SMILES string of the molecule is C=CC(=O)N(CCOCCOCCN(C(=O)C=C)C(=O)C=C)C(=O)C=C. The molecule has 0 aromatic carbocycles. The van der Waals surface area contributed by atoms with Gasteiger partial charge in [0.1, 0.15) is 0 Å². The number of imide groups is 2. The third-order valence-electron chi connectivity index (χ3n) is 3.05. The van der Waals surface area contributed by atoms with E-state index in [0.717, 1.165) is 34.1 Å². The summed E-state index contributed by atoms with van der Waals surface area (Å²) >= 11 is 0. The largest absolute Gasteiger partial charge is 0.377 e. The van der Waals surface area contributed by atoms with Crippen molar-refractivity contribution in [1.29, 1.82) is 0 Å². The van der Waals surface area contributed by atoms with Gasteiger partial charge in [0.05, 0.1) is 39.5 Å². The average molecular weight is 364 g/mol. The lowest BCUT2D eigenvalue weighted by atomic mass is 10.4. The molecule has 0 unspecified atom stereocenters. The van der Waals surface area contributed by atoms with E-state index in [-0.39, 0.29) is 39.5 Å². The molecule has 0 rings (SSSR count). The summed E-state index contributed by atoms with van der Waals surface area (Å²) in [5.74, 6) is -2.13. The maximum Gasteiger partial charge on any atom is 0.252 e. The maximum absolute atomic E-state index is 11.5. The number of nitrogens with zero attached hydrogens (tertiary/aromatic N) is 2. The predicted molar refractivity (Wildman–Crippen MR) is 95.9 cm³/mol. The first-order valence-corrected chi connectivity index (χ1v) is 7.79. The molecule has 0 fully saturated rings. The van der Waals surface area contributed by atoms with Crippen LogP contribution in [0.3, 0.4) is 0 Å². The zero-order valence-corrected chi connectivity index (χ0v) is 14.7. The molecule has 0 spiro atoms. The molecular weight excluding hydrogens is 340 g/mol. The van der Waals surface area contributed by atoms with E-state index in [1.54, 1.807) is 0 Å². The predicted octanol–water partition coefficient (Wildman–Crippen LogP) is 0.474. The quantitative estimate of drug-likeness (QED) is 0.348. The Morgan fingerprint density at radius 3 is 1.08 bits per heavy atom. The summed E-state index contributed by atoms with van der Waals surface area (Å²) in [5.41, 5.74) is 0. The van der Waals surface area contributed by atoms with Gasteiger partial charge in [-0.1, -0.05) is 26.3 Å². The first-order valence-electron chi connectivity index (χ1n) is 7.79. The van der Waals surface area contributed by atoms with Crippen LogP contribution in [0.4, 0.5) is 0 Å². The van der Waals surface area contributed by atoms with Gasteiger partial charge in [-0.2, -0.15) is 0 Å². The molecule has 0 atom stereocenters. The fraction of sp³-hybridized carbons (Fsp3) is 0.333. The second-order valence-corrected chi connectivity index (χ2v) is 4.70. The number of carbonyl (C=O) groups excluding carboxylic acids is 4. The van der Waals surface area contributed by atoms with E-state index in [9.17, 15) is 19.2 Å². The summed E-state index contributed by atoms with van der Waals surface area (Å²) in [6.45, 7) is 14.1. The van der Waals surface area contributed by atoms with Crippen molar-refractivity contribution >= 4 is 23.6 Å². The fourth-order valence-corrected chi connectivity index (χ4v) is 1.73. The van der Waals surface area contributed by atoms with Gasteiger partial charge in [0.2, 0.25) is 0 Å². The van der Waals surface area contributed by atoms with Crippen molar-refractivity contribution in [2.24, 2.45) is 0 Å². The van der Waals surface area contributed by atoms with E-state index >= 15 is 0 Å². The minimum Gasteiger partial charge on any atom is -0.377 e. The number of carbonyl (C=O) groups is 4. The zero-order chi connectivity index (χ0) is 19.9. The van der Waals surface area contributed by atoms with Gasteiger partial charge in [-0.3, -0.25) is 29.0 Å². The summed E-state index contributed by atoms with van der Waals surface area (Å²) in [5, 5.41) is 0. The number of hydrogen-bond acceptors (Lipinski definition) is 6. The standard InChI is InChI=1S/C18H24N2O6/c1-5-15(21)19(16(22)6-2)9-11-25-13-14-26-12-10-20(17(23)7-3)18(24)8-4/h5-8H,1-4,9-14H2. The molecule has 0 saturated heterocycles. The van der Waals surface area contributed by atoms with E-state index in [4.69, 9.17) is 9.47 Å². The normalized spacial score (nSPS) is 9.69. The van der Waals surface area contributed by atoms with Crippen LogP contribution in [0.2, 0.25) is 0 Å². The molecule has 0 aromatic rings. The van der Waals surface area contributed by atoms with Crippen LogP contribution in [0.25, 0.3) is 0 Å². The van der Waals surface area contributed by atoms with Crippen molar-refractivity contribution in [3.8, 4) is 0 Å². The van der Waals surface area contributed by atoms with E-state index in [2.05, 4.69) is 26.3 Å². The first kappa shape index (κ1) is 23.2. The molecule has 0 saturated carbocycles. The molecule has 0 bridgehead atoms. The molecule has 8 nitrogen and oxygen atoms in total. The molecule has 0 aliphatic rings. The fourth-order valence-electron chi connectivity index (χ4n) is 1.73. The average Bonchev–Trinajstić information content (AvgIpc) is 2.67. The van der Waals surface area contributed by atoms with Crippen molar-refractivity contribution in [3.05, 3.63) is 50.6 Å². The highest BCUT2D eigenvalue weighted by Gasteiger charge is 2.16. The molecule has 0 aromatic heterocycles. The van der Waals surface area contributed by atoms with Crippen LogP contribution in [-0.2, 0) is 28.7 Å². The van der Waals surface area contributed by atoms with Crippen LogP contribution in [0.1, 0.15) is 0 Å². The lowest BCUT2D eigenvalue weighted by Crippen LogP contribution is -2.37. The highest BCUT2D eigenvalue weighted by atomic mass is 16.5. The van der Waals surface area contributed by atoms with Gasteiger partial charge in [-0.05, 0) is 24.3 Å². The minimum atomic E-state index is -0.534.